The van der Waals surface area contributed by atoms with Crippen molar-refractivity contribution >= 4 is 17.7 Å². The summed E-state index contributed by atoms with van der Waals surface area (Å²) in [5.74, 6) is 0.501. The highest BCUT2D eigenvalue weighted by atomic mass is 32.2. The SMILES string of the molecule is O=C(CSc1nnnn1C1CC1)NC1CCCC1. The zero-order valence-electron chi connectivity index (χ0n) is 10.2. The maximum absolute atomic E-state index is 11.8. The lowest BCUT2D eigenvalue weighted by molar-refractivity contribution is -0.119. The van der Waals surface area contributed by atoms with E-state index in [4.69, 9.17) is 0 Å². The normalized spacial score (nSPS) is 20.2. The number of hydrogen-bond acceptors (Lipinski definition) is 5. The molecule has 0 saturated heterocycles. The van der Waals surface area contributed by atoms with Gasteiger partial charge in [0.05, 0.1) is 11.8 Å². The molecule has 0 atom stereocenters. The highest BCUT2D eigenvalue weighted by molar-refractivity contribution is 7.99. The van der Waals surface area contributed by atoms with Crippen molar-refractivity contribution in [2.45, 2.75) is 55.8 Å². The minimum Gasteiger partial charge on any atom is -0.353 e. The van der Waals surface area contributed by atoms with E-state index in [1.807, 2.05) is 4.68 Å². The molecule has 6 nitrogen and oxygen atoms in total. The number of nitrogens with one attached hydrogen (secondary N) is 1. The van der Waals surface area contributed by atoms with Gasteiger partial charge < -0.3 is 5.32 Å². The second-order valence-electron chi connectivity index (χ2n) is 4.97. The fourth-order valence-corrected chi connectivity index (χ4v) is 3.05. The van der Waals surface area contributed by atoms with Crippen LogP contribution in [-0.4, -0.2) is 37.9 Å². The Morgan fingerprint density at radius 1 is 1.33 bits per heavy atom. The third-order valence-electron chi connectivity index (χ3n) is 3.41. The average Bonchev–Trinajstić information content (AvgIpc) is 2.90. The number of carbonyl (C=O) groups is 1. The summed E-state index contributed by atoms with van der Waals surface area (Å²) in [5, 5.41) is 15.4. The van der Waals surface area contributed by atoms with E-state index in [-0.39, 0.29) is 5.91 Å². The maximum Gasteiger partial charge on any atom is 0.230 e. The summed E-state index contributed by atoms with van der Waals surface area (Å²) >= 11 is 1.43. The van der Waals surface area contributed by atoms with E-state index in [0.29, 0.717) is 17.8 Å². The number of tetrazole rings is 1. The Kier molecular flexibility index (Phi) is 3.49. The van der Waals surface area contributed by atoms with Crippen LogP contribution in [-0.2, 0) is 4.79 Å². The number of hydrogen-bond donors (Lipinski definition) is 1. The Morgan fingerprint density at radius 2 is 2.11 bits per heavy atom. The molecule has 2 aliphatic rings. The topological polar surface area (TPSA) is 72.7 Å². The second kappa shape index (κ2) is 5.26. The first kappa shape index (κ1) is 12.0. The number of thioether (sulfide) groups is 1. The van der Waals surface area contributed by atoms with Crippen molar-refractivity contribution in [2.24, 2.45) is 0 Å². The van der Waals surface area contributed by atoms with Crippen molar-refractivity contribution in [1.29, 1.82) is 0 Å². The fourth-order valence-electron chi connectivity index (χ4n) is 2.30. The molecule has 1 aromatic rings. The standard InChI is InChI=1S/C11H17N5OS/c17-10(12-8-3-1-2-4-8)7-18-11-13-14-15-16(11)9-5-6-9/h8-9H,1-7H2,(H,12,17). The molecule has 1 heterocycles. The summed E-state index contributed by atoms with van der Waals surface area (Å²) in [7, 11) is 0. The third-order valence-corrected chi connectivity index (χ3v) is 4.34. The van der Waals surface area contributed by atoms with E-state index in [1.54, 1.807) is 0 Å². The second-order valence-corrected chi connectivity index (χ2v) is 5.92. The Balaban J connectivity index is 1.47. The zero-order chi connectivity index (χ0) is 12.4. The van der Waals surface area contributed by atoms with Gasteiger partial charge in [-0.25, -0.2) is 4.68 Å². The molecule has 0 spiro atoms. The zero-order valence-corrected chi connectivity index (χ0v) is 11.0. The van der Waals surface area contributed by atoms with Gasteiger partial charge in [-0.05, 0) is 36.1 Å². The minimum absolute atomic E-state index is 0.0947. The predicted molar refractivity (Wildman–Crippen MR) is 67.2 cm³/mol. The summed E-state index contributed by atoms with van der Waals surface area (Å²) in [6.45, 7) is 0. The maximum atomic E-state index is 11.8. The summed E-state index contributed by atoms with van der Waals surface area (Å²) in [4.78, 5) is 11.8. The van der Waals surface area contributed by atoms with Crippen molar-refractivity contribution in [3.63, 3.8) is 0 Å². The van der Waals surface area contributed by atoms with Gasteiger partial charge in [-0.2, -0.15) is 0 Å². The summed E-state index contributed by atoms with van der Waals surface area (Å²) in [6, 6.07) is 0.845. The fraction of sp³-hybridized carbons (Fsp3) is 0.818. The summed E-state index contributed by atoms with van der Waals surface area (Å²) < 4.78 is 1.84. The van der Waals surface area contributed by atoms with Gasteiger partial charge in [0.1, 0.15) is 0 Å². The van der Waals surface area contributed by atoms with Crippen molar-refractivity contribution in [2.75, 3.05) is 5.75 Å². The molecule has 0 unspecified atom stereocenters. The molecule has 0 radical (unpaired) electrons. The van der Waals surface area contributed by atoms with Crippen LogP contribution < -0.4 is 5.32 Å². The van der Waals surface area contributed by atoms with Crippen LogP contribution in [0.3, 0.4) is 0 Å². The summed E-state index contributed by atoms with van der Waals surface area (Å²) in [5.41, 5.74) is 0. The van der Waals surface area contributed by atoms with Crippen LogP contribution in [0.25, 0.3) is 0 Å². The molecule has 0 bridgehead atoms. The molecular formula is C11H17N5OS. The molecule has 3 rings (SSSR count). The van der Waals surface area contributed by atoms with Gasteiger partial charge in [-0.3, -0.25) is 4.79 Å². The number of aromatic nitrogens is 4. The van der Waals surface area contributed by atoms with Crippen molar-refractivity contribution in [3.8, 4) is 0 Å². The van der Waals surface area contributed by atoms with Crippen LogP contribution in [0.4, 0.5) is 0 Å². The first-order valence-corrected chi connectivity index (χ1v) is 7.51. The van der Waals surface area contributed by atoms with Gasteiger partial charge in [0.25, 0.3) is 0 Å². The molecule has 18 heavy (non-hydrogen) atoms. The van der Waals surface area contributed by atoms with E-state index in [1.165, 1.54) is 24.6 Å². The molecule has 1 amide bonds. The minimum atomic E-state index is 0.0947. The lowest BCUT2D eigenvalue weighted by atomic mass is 10.2. The molecule has 0 aliphatic heterocycles. The highest BCUT2D eigenvalue weighted by Crippen LogP contribution is 2.36. The quantitative estimate of drug-likeness (QED) is 0.810. The van der Waals surface area contributed by atoms with Crippen LogP contribution in [0.5, 0.6) is 0 Å². The number of carbonyl (C=O) groups excluding carboxylic acids is 1. The van der Waals surface area contributed by atoms with Crippen molar-refractivity contribution in [1.82, 2.24) is 25.5 Å². The van der Waals surface area contributed by atoms with Gasteiger partial charge in [0.2, 0.25) is 11.1 Å². The summed E-state index contributed by atoms with van der Waals surface area (Å²) in [6.07, 6.45) is 7.00. The molecule has 2 aliphatic carbocycles. The molecule has 1 N–H and O–H groups in total. The number of amides is 1. The molecule has 2 saturated carbocycles. The molecule has 98 valence electrons. The lowest BCUT2D eigenvalue weighted by Gasteiger charge is -2.11. The van der Waals surface area contributed by atoms with Crippen LogP contribution in [0, 0.1) is 0 Å². The molecule has 1 aromatic heterocycles. The Morgan fingerprint density at radius 3 is 2.83 bits per heavy atom. The van der Waals surface area contributed by atoms with E-state index in [9.17, 15) is 4.79 Å². The molecule has 7 heteroatoms. The monoisotopic (exact) mass is 267 g/mol. The van der Waals surface area contributed by atoms with Crippen LogP contribution in [0.2, 0.25) is 0 Å². The third kappa shape index (κ3) is 2.82. The Hall–Kier alpha value is -1.11. The first-order chi connectivity index (χ1) is 8.83. The van der Waals surface area contributed by atoms with Gasteiger partial charge in [-0.15, -0.1) is 5.10 Å². The number of rotatable bonds is 5. The van der Waals surface area contributed by atoms with Gasteiger partial charge in [-0.1, -0.05) is 24.6 Å². The predicted octanol–water partition coefficient (Wildman–Crippen LogP) is 1.16. The van der Waals surface area contributed by atoms with Crippen molar-refractivity contribution < 1.29 is 4.79 Å². The average molecular weight is 267 g/mol. The van der Waals surface area contributed by atoms with E-state index >= 15 is 0 Å². The van der Waals surface area contributed by atoms with Crippen molar-refractivity contribution in [3.05, 3.63) is 0 Å². The van der Waals surface area contributed by atoms with Crippen LogP contribution >= 0.6 is 11.8 Å². The largest absolute Gasteiger partial charge is 0.353 e. The first-order valence-electron chi connectivity index (χ1n) is 6.53. The van der Waals surface area contributed by atoms with Crippen LogP contribution in [0.15, 0.2) is 5.16 Å². The molecular weight excluding hydrogens is 250 g/mol. The van der Waals surface area contributed by atoms with Gasteiger partial charge in [0, 0.05) is 6.04 Å². The number of nitrogens with zero attached hydrogens (tertiary/aromatic N) is 4. The smallest absolute Gasteiger partial charge is 0.230 e. The van der Waals surface area contributed by atoms with E-state index in [2.05, 4.69) is 20.8 Å². The Labute approximate surface area is 110 Å². The van der Waals surface area contributed by atoms with Crippen LogP contribution in [0.1, 0.15) is 44.6 Å². The Bertz CT molecular complexity index is 425. The highest BCUT2D eigenvalue weighted by Gasteiger charge is 2.28. The molecule has 0 aromatic carbocycles. The van der Waals surface area contributed by atoms with E-state index in [0.717, 1.165) is 30.8 Å². The van der Waals surface area contributed by atoms with Gasteiger partial charge >= 0.3 is 0 Å². The lowest BCUT2D eigenvalue weighted by Crippen LogP contribution is -2.33. The van der Waals surface area contributed by atoms with Gasteiger partial charge in [0.15, 0.2) is 0 Å². The van der Waals surface area contributed by atoms with E-state index < -0.39 is 0 Å². The molecule has 2 fully saturated rings.